The number of nitrogens with one attached hydrogen (secondary N) is 1. The molecule has 1 aromatic heterocycles. The molecule has 0 radical (unpaired) electrons. The molecule has 138 valence electrons. The second kappa shape index (κ2) is 7.66. The largest absolute Gasteiger partial charge is 0.497 e. The number of aromatic amines is 1. The summed E-state index contributed by atoms with van der Waals surface area (Å²) in [5, 5.41) is 7.12. The molecule has 0 saturated carbocycles. The Bertz CT molecular complexity index is 903. The van der Waals surface area contributed by atoms with Gasteiger partial charge in [0.05, 0.1) is 13.3 Å². The van der Waals surface area contributed by atoms with Crippen LogP contribution in [0.5, 0.6) is 5.75 Å². The zero-order valence-electron chi connectivity index (χ0n) is 15.4. The standard InChI is InChI=1S/C22H23N3O2/c1-27-19-9-7-17(8-10-19)20(16-5-3-2-4-6-16)13-22(26)25-12-11-21-18(15-25)14-23-24-21/h2-10,14,20H,11-13,15H2,1H3,(H,23,24)/t20-/m0/s1. The zero-order valence-corrected chi connectivity index (χ0v) is 15.4. The monoisotopic (exact) mass is 361 g/mol. The lowest BCUT2D eigenvalue weighted by molar-refractivity contribution is -0.132. The van der Waals surface area contributed by atoms with Gasteiger partial charge in [-0.15, -0.1) is 0 Å². The van der Waals surface area contributed by atoms with E-state index in [9.17, 15) is 4.79 Å². The molecule has 1 atom stereocenters. The Kier molecular flexibility index (Phi) is 4.92. The van der Waals surface area contributed by atoms with Crippen LogP contribution in [0.3, 0.4) is 0 Å². The topological polar surface area (TPSA) is 58.2 Å². The molecule has 2 aromatic carbocycles. The van der Waals surface area contributed by atoms with Crippen LogP contribution in [0.4, 0.5) is 0 Å². The molecular weight excluding hydrogens is 338 g/mol. The highest BCUT2D eigenvalue weighted by Crippen LogP contribution is 2.30. The molecule has 1 N–H and O–H groups in total. The SMILES string of the molecule is COc1ccc([C@@H](CC(=O)N2CCc3[nH]ncc3C2)c2ccccc2)cc1. The summed E-state index contributed by atoms with van der Waals surface area (Å²) < 4.78 is 5.27. The molecule has 1 aliphatic rings. The van der Waals surface area contributed by atoms with Crippen molar-refractivity contribution in [3.8, 4) is 5.75 Å². The quantitative estimate of drug-likeness (QED) is 0.756. The number of hydrogen-bond acceptors (Lipinski definition) is 3. The molecule has 2 heterocycles. The molecule has 0 aliphatic carbocycles. The lowest BCUT2D eigenvalue weighted by Gasteiger charge is -2.28. The minimum absolute atomic E-state index is 0.0235. The second-order valence-electron chi connectivity index (χ2n) is 6.88. The van der Waals surface area contributed by atoms with Gasteiger partial charge in [0.2, 0.25) is 5.91 Å². The summed E-state index contributed by atoms with van der Waals surface area (Å²) in [5.41, 5.74) is 4.54. The summed E-state index contributed by atoms with van der Waals surface area (Å²) in [5.74, 6) is 1.02. The number of rotatable bonds is 5. The van der Waals surface area contributed by atoms with Gasteiger partial charge in [0.1, 0.15) is 5.75 Å². The van der Waals surface area contributed by atoms with Gasteiger partial charge in [-0.05, 0) is 23.3 Å². The summed E-state index contributed by atoms with van der Waals surface area (Å²) in [7, 11) is 1.66. The number of ether oxygens (including phenoxy) is 1. The number of amides is 1. The van der Waals surface area contributed by atoms with Crippen LogP contribution in [0, 0.1) is 0 Å². The van der Waals surface area contributed by atoms with Crippen molar-refractivity contribution in [2.45, 2.75) is 25.3 Å². The summed E-state index contributed by atoms with van der Waals surface area (Å²) in [6.07, 6.45) is 3.11. The average Bonchev–Trinajstić information content (AvgIpc) is 3.20. The maximum atomic E-state index is 13.1. The van der Waals surface area contributed by atoms with Crippen LogP contribution in [-0.2, 0) is 17.8 Å². The Morgan fingerprint density at radius 2 is 1.89 bits per heavy atom. The molecule has 0 saturated heterocycles. The summed E-state index contributed by atoms with van der Waals surface area (Å²) in [4.78, 5) is 15.0. The predicted octanol–water partition coefficient (Wildman–Crippen LogP) is 3.53. The highest BCUT2D eigenvalue weighted by atomic mass is 16.5. The van der Waals surface area contributed by atoms with Gasteiger partial charge in [-0.25, -0.2) is 0 Å². The van der Waals surface area contributed by atoms with Gasteiger partial charge in [0.15, 0.2) is 0 Å². The van der Waals surface area contributed by atoms with E-state index in [1.165, 1.54) is 0 Å². The van der Waals surface area contributed by atoms with E-state index in [1.807, 2.05) is 53.6 Å². The number of carbonyl (C=O) groups excluding carboxylic acids is 1. The molecule has 5 nitrogen and oxygen atoms in total. The molecule has 1 aliphatic heterocycles. The zero-order chi connectivity index (χ0) is 18.6. The third kappa shape index (κ3) is 3.72. The number of H-pyrrole nitrogens is 1. The number of methoxy groups -OCH3 is 1. The van der Waals surface area contributed by atoms with E-state index in [2.05, 4.69) is 22.3 Å². The van der Waals surface area contributed by atoms with Crippen LogP contribution in [0.15, 0.2) is 60.8 Å². The first kappa shape index (κ1) is 17.3. The lowest BCUT2D eigenvalue weighted by atomic mass is 9.88. The number of nitrogens with zero attached hydrogens (tertiary/aromatic N) is 2. The number of hydrogen-bond donors (Lipinski definition) is 1. The van der Waals surface area contributed by atoms with Crippen molar-refractivity contribution < 1.29 is 9.53 Å². The van der Waals surface area contributed by atoms with Crippen molar-refractivity contribution in [3.05, 3.63) is 83.2 Å². The molecule has 0 fully saturated rings. The average molecular weight is 361 g/mol. The normalized spacial score (nSPS) is 14.5. The number of fused-ring (bicyclic) bond motifs is 1. The summed E-state index contributed by atoms with van der Waals surface area (Å²) in [6, 6.07) is 18.2. The molecule has 0 unspecified atom stereocenters. The van der Waals surface area contributed by atoms with Gasteiger partial charge < -0.3 is 9.64 Å². The second-order valence-corrected chi connectivity index (χ2v) is 6.88. The van der Waals surface area contributed by atoms with Crippen LogP contribution in [0.1, 0.15) is 34.7 Å². The Hall–Kier alpha value is -3.08. The van der Waals surface area contributed by atoms with Gasteiger partial charge in [-0.2, -0.15) is 5.10 Å². The minimum atomic E-state index is 0.0235. The van der Waals surface area contributed by atoms with E-state index < -0.39 is 0 Å². The number of carbonyl (C=O) groups is 1. The Balaban J connectivity index is 1.56. The van der Waals surface area contributed by atoms with Crippen molar-refractivity contribution in [1.29, 1.82) is 0 Å². The van der Waals surface area contributed by atoms with Crippen LogP contribution in [-0.4, -0.2) is 34.7 Å². The summed E-state index contributed by atoms with van der Waals surface area (Å²) >= 11 is 0. The van der Waals surface area contributed by atoms with Crippen LogP contribution >= 0.6 is 0 Å². The maximum Gasteiger partial charge on any atom is 0.223 e. The Labute approximate surface area is 159 Å². The van der Waals surface area contributed by atoms with Gasteiger partial charge in [0.25, 0.3) is 0 Å². The Morgan fingerprint density at radius 1 is 1.15 bits per heavy atom. The minimum Gasteiger partial charge on any atom is -0.497 e. The molecule has 27 heavy (non-hydrogen) atoms. The molecule has 1 amide bonds. The van der Waals surface area contributed by atoms with E-state index in [0.717, 1.165) is 41.1 Å². The van der Waals surface area contributed by atoms with E-state index in [0.29, 0.717) is 13.0 Å². The van der Waals surface area contributed by atoms with Crippen molar-refractivity contribution >= 4 is 5.91 Å². The molecule has 4 rings (SSSR count). The molecule has 5 heteroatoms. The van der Waals surface area contributed by atoms with Crippen LogP contribution in [0.2, 0.25) is 0 Å². The van der Waals surface area contributed by atoms with Crippen molar-refractivity contribution in [2.24, 2.45) is 0 Å². The highest BCUT2D eigenvalue weighted by molar-refractivity contribution is 5.78. The first-order chi connectivity index (χ1) is 13.2. The van der Waals surface area contributed by atoms with E-state index in [-0.39, 0.29) is 11.8 Å². The van der Waals surface area contributed by atoms with Gasteiger partial charge in [-0.3, -0.25) is 9.89 Å². The summed E-state index contributed by atoms with van der Waals surface area (Å²) in [6.45, 7) is 1.37. The number of aromatic nitrogens is 2. The molecular formula is C22H23N3O2. The van der Waals surface area contributed by atoms with Crippen molar-refractivity contribution in [3.63, 3.8) is 0 Å². The highest BCUT2D eigenvalue weighted by Gasteiger charge is 2.25. The van der Waals surface area contributed by atoms with E-state index in [1.54, 1.807) is 7.11 Å². The van der Waals surface area contributed by atoms with Gasteiger partial charge in [-0.1, -0.05) is 42.5 Å². The molecule has 3 aromatic rings. The molecule has 0 spiro atoms. The third-order valence-corrected chi connectivity index (χ3v) is 5.25. The van der Waals surface area contributed by atoms with E-state index in [4.69, 9.17) is 4.74 Å². The predicted molar refractivity (Wildman–Crippen MR) is 104 cm³/mol. The maximum absolute atomic E-state index is 13.1. The fraction of sp³-hybridized carbons (Fsp3) is 0.273. The fourth-order valence-corrected chi connectivity index (χ4v) is 3.69. The van der Waals surface area contributed by atoms with Crippen LogP contribution in [0.25, 0.3) is 0 Å². The third-order valence-electron chi connectivity index (χ3n) is 5.25. The van der Waals surface area contributed by atoms with E-state index >= 15 is 0 Å². The van der Waals surface area contributed by atoms with Crippen LogP contribution < -0.4 is 4.74 Å². The van der Waals surface area contributed by atoms with Crippen molar-refractivity contribution in [1.82, 2.24) is 15.1 Å². The lowest BCUT2D eigenvalue weighted by Crippen LogP contribution is -2.36. The van der Waals surface area contributed by atoms with Gasteiger partial charge >= 0.3 is 0 Å². The Morgan fingerprint density at radius 3 is 2.63 bits per heavy atom. The van der Waals surface area contributed by atoms with Gasteiger partial charge in [0, 0.05) is 43.1 Å². The first-order valence-electron chi connectivity index (χ1n) is 9.22. The molecule has 0 bridgehead atoms. The first-order valence-corrected chi connectivity index (χ1v) is 9.22. The van der Waals surface area contributed by atoms with Crippen molar-refractivity contribution in [2.75, 3.05) is 13.7 Å². The number of benzene rings is 2. The smallest absolute Gasteiger partial charge is 0.223 e. The fourth-order valence-electron chi connectivity index (χ4n) is 3.69.